The molecular weight excluding hydrogens is 328 g/mol. The monoisotopic (exact) mass is 362 g/mol. The van der Waals surface area contributed by atoms with E-state index in [-0.39, 0.29) is 5.41 Å². The van der Waals surface area contributed by atoms with Crippen LogP contribution in [0.4, 0.5) is 0 Å². The summed E-state index contributed by atoms with van der Waals surface area (Å²) in [6.07, 6.45) is 10.1. The molecule has 3 atom stereocenters. The first-order valence-corrected chi connectivity index (χ1v) is 10.1. The van der Waals surface area contributed by atoms with Gasteiger partial charge in [0.05, 0.1) is 13.2 Å². The average Bonchev–Trinajstić information content (AvgIpc) is 3.26. The molecule has 2 aliphatic carbocycles. The maximum atomic E-state index is 11.1. The molecule has 0 aromatic rings. The van der Waals surface area contributed by atoms with Crippen molar-refractivity contribution >= 4 is 5.97 Å². The molecule has 1 heterocycles. The Balaban J connectivity index is 1.60. The SMILES string of the molecule is C/C=C1\C(=C/CCC2(C)OCC(C)(C)CO2)CCCC2C(CC(=O)O)C12. The van der Waals surface area contributed by atoms with Crippen LogP contribution in [0.15, 0.2) is 23.3 Å². The highest BCUT2D eigenvalue weighted by atomic mass is 16.7. The molecular formula is C22H34O4. The molecule has 0 bridgehead atoms. The number of rotatable bonds is 5. The molecule has 26 heavy (non-hydrogen) atoms. The molecule has 3 aliphatic rings. The molecule has 4 heteroatoms. The van der Waals surface area contributed by atoms with E-state index in [4.69, 9.17) is 14.6 Å². The predicted octanol–water partition coefficient (Wildman–Crippen LogP) is 4.95. The highest BCUT2D eigenvalue weighted by Crippen LogP contribution is 2.59. The maximum Gasteiger partial charge on any atom is 0.303 e. The lowest BCUT2D eigenvalue weighted by Gasteiger charge is -2.41. The van der Waals surface area contributed by atoms with Crippen LogP contribution in [0.1, 0.15) is 66.2 Å². The van der Waals surface area contributed by atoms with E-state index in [1.54, 1.807) is 0 Å². The molecule has 0 radical (unpaired) electrons. The van der Waals surface area contributed by atoms with Crippen LogP contribution < -0.4 is 0 Å². The minimum Gasteiger partial charge on any atom is -0.481 e. The zero-order valence-electron chi connectivity index (χ0n) is 16.7. The van der Waals surface area contributed by atoms with Crippen molar-refractivity contribution in [2.24, 2.45) is 23.2 Å². The Bertz CT molecular complexity index is 591. The second-order valence-electron chi connectivity index (χ2n) is 9.23. The molecule has 2 saturated carbocycles. The standard InChI is InChI=1S/C22H34O4/c1-5-16-15(8-6-10-17-18(20(16)17)12-19(23)24)9-7-11-22(4)25-13-21(2,3)14-26-22/h5,9,17-18,20H,6-8,10-14H2,1-4H3,(H,23,24)/b15-9-,16-5+. The van der Waals surface area contributed by atoms with Gasteiger partial charge in [-0.05, 0) is 68.4 Å². The molecule has 0 aromatic heterocycles. The Morgan fingerprint density at radius 3 is 2.58 bits per heavy atom. The second kappa shape index (κ2) is 7.47. The number of carboxylic acid groups (broad SMARTS) is 1. The van der Waals surface area contributed by atoms with Crippen LogP contribution in [-0.2, 0) is 14.3 Å². The van der Waals surface area contributed by atoms with Crippen LogP contribution in [0.25, 0.3) is 0 Å². The third-order valence-corrected chi connectivity index (χ3v) is 6.29. The minimum atomic E-state index is -0.661. The van der Waals surface area contributed by atoms with Crippen molar-refractivity contribution in [1.29, 1.82) is 0 Å². The van der Waals surface area contributed by atoms with Crippen LogP contribution in [-0.4, -0.2) is 30.1 Å². The number of carbonyl (C=O) groups is 1. The summed E-state index contributed by atoms with van der Waals surface area (Å²) in [5.74, 6) is 0.233. The highest BCUT2D eigenvalue weighted by Gasteiger charge is 2.53. The van der Waals surface area contributed by atoms with Crippen LogP contribution in [0.2, 0.25) is 0 Å². The Morgan fingerprint density at radius 2 is 1.96 bits per heavy atom. The summed E-state index contributed by atoms with van der Waals surface area (Å²) in [6, 6.07) is 0. The second-order valence-corrected chi connectivity index (χ2v) is 9.23. The summed E-state index contributed by atoms with van der Waals surface area (Å²) in [5, 5.41) is 9.16. The van der Waals surface area contributed by atoms with E-state index < -0.39 is 11.8 Å². The Hall–Kier alpha value is -1.13. The van der Waals surface area contributed by atoms with Gasteiger partial charge in [0, 0.05) is 18.3 Å². The number of allylic oxidation sites excluding steroid dienone is 4. The van der Waals surface area contributed by atoms with Gasteiger partial charge in [0.2, 0.25) is 0 Å². The Labute approximate surface area is 157 Å². The van der Waals surface area contributed by atoms with Crippen molar-refractivity contribution in [3.05, 3.63) is 23.3 Å². The lowest BCUT2D eigenvalue weighted by Crippen LogP contribution is -2.45. The van der Waals surface area contributed by atoms with Gasteiger partial charge in [-0.15, -0.1) is 0 Å². The molecule has 1 aliphatic heterocycles. The molecule has 3 fully saturated rings. The van der Waals surface area contributed by atoms with Crippen molar-refractivity contribution in [2.75, 3.05) is 13.2 Å². The maximum absolute atomic E-state index is 11.1. The first-order valence-electron chi connectivity index (χ1n) is 10.1. The van der Waals surface area contributed by atoms with Crippen LogP contribution in [0, 0.1) is 23.2 Å². The molecule has 4 nitrogen and oxygen atoms in total. The smallest absolute Gasteiger partial charge is 0.303 e. The zero-order chi connectivity index (χ0) is 18.9. The van der Waals surface area contributed by atoms with Crippen molar-refractivity contribution in [1.82, 2.24) is 0 Å². The van der Waals surface area contributed by atoms with E-state index in [9.17, 15) is 4.79 Å². The first-order chi connectivity index (χ1) is 12.2. The Kier molecular flexibility index (Phi) is 5.64. The van der Waals surface area contributed by atoms with E-state index in [1.807, 2.05) is 6.92 Å². The van der Waals surface area contributed by atoms with E-state index in [1.165, 1.54) is 17.6 Å². The van der Waals surface area contributed by atoms with Gasteiger partial charge >= 0.3 is 5.97 Å². The summed E-state index contributed by atoms with van der Waals surface area (Å²) in [7, 11) is 0. The van der Waals surface area contributed by atoms with Crippen LogP contribution in [0.3, 0.4) is 0 Å². The number of carboxylic acids is 1. The molecule has 1 saturated heterocycles. The summed E-state index contributed by atoms with van der Waals surface area (Å²) in [6.45, 7) is 9.94. The number of hydrogen-bond acceptors (Lipinski definition) is 3. The number of fused-ring (bicyclic) bond motifs is 1. The fourth-order valence-corrected chi connectivity index (χ4v) is 4.70. The molecule has 146 valence electrons. The van der Waals surface area contributed by atoms with E-state index >= 15 is 0 Å². The zero-order valence-corrected chi connectivity index (χ0v) is 16.7. The summed E-state index contributed by atoms with van der Waals surface area (Å²) in [5.41, 5.74) is 2.92. The molecule has 0 spiro atoms. The van der Waals surface area contributed by atoms with Gasteiger partial charge in [0.1, 0.15) is 0 Å². The van der Waals surface area contributed by atoms with Crippen molar-refractivity contribution in [3.63, 3.8) is 0 Å². The lowest BCUT2D eigenvalue weighted by atomic mass is 9.93. The summed E-state index contributed by atoms with van der Waals surface area (Å²) >= 11 is 0. The molecule has 3 unspecified atom stereocenters. The highest BCUT2D eigenvalue weighted by molar-refractivity contribution is 5.68. The van der Waals surface area contributed by atoms with E-state index in [0.717, 1.165) is 38.9 Å². The fourth-order valence-electron chi connectivity index (χ4n) is 4.70. The number of ether oxygens (including phenoxy) is 2. The lowest BCUT2D eigenvalue weighted by molar-refractivity contribution is -0.291. The van der Waals surface area contributed by atoms with Crippen molar-refractivity contribution < 1.29 is 19.4 Å². The number of aliphatic carboxylic acids is 1. The average molecular weight is 363 g/mol. The van der Waals surface area contributed by atoms with Gasteiger partial charge in [-0.25, -0.2) is 0 Å². The van der Waals surface area contributed by atoms with Crippen molar-refractivity contribution in [2.45, 2.75) is 72.0 Å². The van der Waals surface area contributed by atoms with Crippen molar-refractivity contribution in [3.8, 4) is 0 Å². The van der Waals surface area contributed by atoms with Gasteiger partial charge in [0.15, 0.2) is 5.79 Å². The topological polar surface area (TPSA) is 55.8 Å². The van der Waals surface area contributed by atoms with Gasteiger partial charge in [-0.2, -0.15) is 0 Å². The third-order valence-electron chi connectivity index (χ3n) is 6.29. The largest absolute Gasteiger partial charge is 0.481 e. The van der Waals surface area contributed by atoms with E-state index in [2.05, 4.69) is 32.9 Å². The predicted molar refractivity (Wildman–Crippen MR) is 102 cm³/mol. The number of hydrogen-bond donors (Lipinski definition) is 1. The van der Waals surface area contributed by atoms with Crippen LogP contribution >= 0.6 is 0 Å². The first kappa shape index (κ1) is 19.6. The third kappa shape index (κ3) is 4.40. The summed E-state index contributed by atoms with van der Waals surface area (Å²) in [4.78, 5) is 11.1. The minimum absolute atomic E-state index is 0.0948. The normalized spacial score (nSPS) is 35.8. The van der Waals surface area contributed by atoms with Gasteiger partial charge < -0.3 is 14.6 Å². The summed E-state index contributed by atoms with van der Waals surface area (Å²) < 4.78 is 12.0. The van der Waals surface area contributed by atoms with Crippen LogP contribution in [0.5, 0.6) is 0 Å². The molecule has 0 amide bonds. The van der Waals surface area contributed by atoms with E-state index in [0.29, 0.717) is 24.2 Å². The fraction of sp³-hybridized carbons (Fsp3) is 0.773. The molecule has 1 N–H and O–H groups in total. The molecule has 0 aromatic carbocycles. The Morgan fingerprint density at radius 1 is 1.27 bits per heavy atom. The molecule has 3 rings (SSSR count). The quantitative estimate of drug-likeness (QED) is 0.752. The van der Waals surface area contributed by atoms with Gasteiger partial charge in [0.25, 0.3) is 0 Å². The van der Waals surface area contributed by atoms with Gasteiger partial charge in [-0.1, -0.05) is 26.0 Å². The van der Waals surface area contributed by atoms with Gasteiger partial charge in [-0.3, -0.25) is 4.79 Å².